The highest BCUT2D eigenvalue weighted by atomic mass is 79.9. The second-order valence-corrected chi connectivity index (χ2v) is 7.18. The number of hydrogen-bond donors (Lipinski definition) is 0. The first-order chi connectivity index (χ1) is 10.0. The zero-order valence-electron chi connectivity index (χ0n) is 11.0. The van der Waals surface area contributed by atoms with Crippen molar-refractivity contribution in [2.75, 3.05) is 6.61 Å². The van der Waals surface area contributed by atoms with Crippen LogP contribution in [0.15, 0.2) is 39.3 Å². The van der Waals surface area contributed by atoms with Crippen molar-refractivity contribution in [2.45, 2.75) is 12.8 Å². The molecule has 5 heteroatoms. The van der Waals surface area contributed by atoms with Crippen LogP contribution in [0, 0.1) is 0 Å². The van der Waals surface area contributed by atoms with Crippen LogP contribution in [-0.4, -0.2) is 12.4 Å². The van der Waals surface area contributed by atoms with E-state index in [1.807, 2.05) is 30.3 Å². The Morgan fingerprint density at radius 3 is 2.57 bits per heavy atom. The van der Waals surface area contributed by atoms with Crippen LogP contribution in [0.1, 0.15) is 21.5 Å². The summed E-state index contributed by atoms with van der Waals surface area (Å²) in [4.78, 5) is 12.5. The minimum Gasteiger partial charge on any atom is -0.493 e. The predicted molar refractivity (Wildman–Crippen MR) is 90.5 cm³/mol. The largest absolute Gasteiger partial charge is 0.493 e. The molecule has 1 aliphatic heterocycles. The highest BCUT2D eigenvalue weighted by Gasteiger charge is 2.20. The van der Waals surface area contributed by atoms with Gasteiger partial charge in [0.05, 0.1) is 6.61 Å². The quantitative estimate of drug-likeness (QED) is 0.624. The van der Waals surface area contributed by atoms with E-state index in [9.17, 15) is 4.79 Å². The van der Waals surface area contributed by atoms with E-state index in [1.54, 1.807) is 0 Å². The predicted octanol–water partition coefficient (Wildman–Crippen LogP) is 5.23. The molecule has 0 unspecified atom stereocenters. The summed E-state index contributed by atoms with van der Waals surface area (Å²) in [6.45, 7) is 0.652. The first-order valence-electron chi connectivity index (χ1n) is 6.46. The monoisotopic (exact) mass is 428 g/mol. The molecule has 0 fully saturated rings. The van der Waals surface area contributed by atoms with Crippen molar-refractivity contribution in [3.63, 3.8) is 0 Å². The maximum absolute atomic E-state index is 12.5. The van der Waals surface area contributed by atoms with Gasteiger partial charge in [0.1, 0.15) is 5.75 Å². The maximum atomic E-state index is 12.5. The van der Waals surface area contributed by atoms with Crippen LogP contribution in [0.2, 0.25) is 5.02 Å². The van der Waals surface area contributed by atoms with E-state index in [2.05, 4.69) is 31.9 Å². The lowest BCUT2D eigenvalue weighted by atomic mass is 10.00. The van der Waals surface area contributed by atoms with E-state index in [0.717, 1.165) is 32.2 Å². The van der Waals surface area contributed by atoms with Gasteiger partial charge < -0.3 is 4.74 Å². The lowest BCUT2D eigenvalue weighted by Crippen LogP contribution is -2.05. The molecule has 3 rings (SSSR count). The molecule has 1 heterocycles. The van der Waals surface area contributed by atoms with Crippen LogP contribution < -0.4 is 4.74 Å². The van der Waals surface area contributed by atoms with Gasteiger partial charge in [0, 0.05) is 37.9 Å². The third kappa shape index (κ3) is 3.33. The average molecular weight is 431 g/mol. The van der Waals surface area contributed by atoms with Gasteiger partial charge in [-0.25, -0.2) is 0 Å². The minimum atomic E-state index is 0.0389. The van der Waals surface area contributed by atoms with E-state index in [1.165, 1.54) is 0 Å². The van der Waals surface area contributed by atoms with Gasteiger partial charge in [-0.05, 0) is 35.9 Å². The van der Waals surface area contributed by atoms with Crippen molar-refractivity contribution in [3.8, 4) is 5.75 Å². The standard InChI is InChI=1S/C16H11Br2ClO2/c17-12-3-10(4-13(18)8-12)15(20)7-11-6-14(19)5-9-1-2-21-16(9)11/h3-6,8H,1-2,7H2. The molecule has 2 nitrogen and oxygen atoms in total. The molecule has 2 aromatic rings. The van der Waals surface area contributed by atoms with Gasteiger partial charge in [-0.15, -0.1) is 0 Å². The fraction of sp³-hybridized carbons (Fsp3) is 0.188. The number of carbonyl (C=O) groups is 1. The van der Waals surface area contributed by atoms with Gasteiger partial charge in [0.15, 0.2) is 5.78 Å². The summed E-state index contributed by atoms with van der Waals surface area (Å²) >= 11 is 12.9. The van der Waals surface area contributed by atoms with Crippen LogP contribution in [0.25, 0.3) is 0 Å². The summed E-state index contributed by atoms with van der Waals surface area (Å²) in [5.74, 6) is 0.860. The Hall–Kier alpha value is -0.840. The van der Waals surface area contributed by atoms with Crippen LogP contribution in [0.4, 0.5) is 0 Å². The van der Waals surface area contributed by atoms with Crippen LogP contribution in [-0.2, 0) is 12.8 Å². The number of halogens is 3. The third-order valence-corrected chi connectivity index (χ3v) is 4.49. The van der Waals surface area contributed by atoms with Gasteiger partial charge in [-0.3, -0.25) is 4.79 Å². The van der Waals surface area contributed by atoms with Crippen molar-refractivity contribution in [3.05, 3.63) is 61.0 Å². The first kappa shape index (κ1) is 15.1. The highest BCUT2D eigenvalue weighted by Crippen LogP contribution is 2.33. The number of rotatable bonds is 3. The highest BCUT2D eigenvalue weighted by molar-refractivity contribution is 9.11. The molecule has 2 aromatic carbocycles. The second kappa shape index (κ2) is 6.11. The van der Waals surface area contributed by atoms with Crippen molar-refractivity contribution >= 4 is 49.2 Å². The summed E-state index contributed by atoms with van der Waals surface area (Å²) in [6, 6.07) is 9.26. The molecule has 108 valence electrons. The Morgan fingerprint density at radius 2 is 1.86 bits per heavy atom. The Kier molecular flexibility index (Phi) is 4.38. The smallest absolute Gasteiger partial charge is 0.167 e. The molecule has 0 spiro atoms. The molecule has 0 radical (unpaired) electrons. The molecule has 0 saturated carbocycles. The summed E-state index contributed by atoms with van der Waals surface area (Å²) in [5, 5.41) is 0.650. The van der Waals surface area contributed by atoms with Crippen molar-refractivity contribution in [1.29, 1.82) is 0 Å². The summed E-state index contributed by atoms with van der Waals surface area (Å²) in [5.41, 5.74) is 2.60. The average Bonchev–Trinajstić information content (AvgIpc) is 2.85. The molecule has 21 heavy (non-hydrogen) atoms. The third-order valence-electron chi connectivity index (χ3n) is 3.36. The fourth-order valence-corrected chi connectivity index (χ4v) is 4.02. The molecular formula is C16H11Br2ClO2. The van der Waals surface area contributed by atoms with Crippen molar-refractivity contribution in [2.24, 2.45) is 0 Å². The number of benzene rings is 2. The molecule has 0 aromatic heterocycles. The normalized spacial score (nSPS) is 12.9. The molecule has 1 aliphatic rings. The number of ether oxygens (including phenoxy) is 1. The summed E-state index contributed by atoms with van der Waals surface area (Å²) in [6.07, 6.45) is 1.13. The maximum Gasteiger partial charge on any atom is 0.167 e. The Bertz CT molecular complexity index is 708. The van der Waals surface area contributed by atoms with Gasteiger partial charge in [-0.1, -0.05) is 43.5 Å². The van der Waals surface area contributed by atoms with E-state index in [-0.39, 0.29) is 12.2 Å². The number of fused-ring (bicyclic) bond motifs is 1. The molecule has 0 atom stereocenters. The van der Waals surface area contributed by atoms with Gasteiger partial charge in [-0.2, -0.15) is 0 Å². The van der Waals surface area contributed by atoms with Crippen LogP contribution >= 0.6 is 43.5 Å². The SMILES string of the molecule is O=C(Cc1cc(Cl)cc2c1OCC2)c1cc(Br)cc(Br)c1. The number of ketones is 1. The number of Topliss-reactive ketones (excluding diaryl/α,β-unsaturated/α-hetero) is 1. The van der Waals surface area contributed by atoms with E-state index in [4.69, 9.17) is 16.3 Å². The zero-order chi connectivity index (χ0) is 15.0. The van der Waals surface area contributed by atoms with E-state index >= 15 is 0 Å². The minimum absolute atomic E-state index is 0.0389. The lowest BCUT2D eigenvalue weighted by Gasteiger charge is -2.09. The molecule has 0 aliphatic carbocycles. The lowest BCUT2D eigenvalue weighted by molar-refractivity contribution is 0.0992. The molecule has 0 amide bonds. The van der Waals surface area contributed by atoms with Gasteiger partial charge >= 0.3 is 0 Å². The molecule has 0 bridgehead atoms. The Balaban J connectivity index is 1.92. The molecular weight excluding hydrogens is 419 g/mol. The van der Waals surface area contributed by atoms with E-state index < -0.39 is 0 Å². The van der Waals surface area contributed by atoms with Crippen molar-refractivity contribution in [1.82, 2.24) is 0 Å². The number of carbonyl (C=O) groups excluding carboxylic acids is 1. The first-order valence-corrected chi connectivity index (χ1v) is 8.43. The molecule has 0 N–H and O–H groups in total. The van der Waals surface area contributed by atoms with E-state index in [0.29, 0.717) is 17.2 Å². The topological polar surface area (TPSA) is 26.3 Å². The fourth-order valence-electron chi connectivity index (χ4n) is 2.47. The summed E-state index contributed by atoms with van der Waals surface area (Å²) < 4.78 is 7.38. The second-order valence-electron chi connectivity index (χ2n) is 4.91. The zero-order valence-corrected chi connectivity index (χ0v) is 14.9. The van der Waals surface area contributed by atoms with Gasteiger partial charge in [0.25, 0.3) is 0 Å². The Labute approximate surface area is 144 Å². The van der Waals surface area contributed by atoms with Crippen molar-refractivity contribution < 1.29 is 9.53 Å². The van der Waals surface area contributed by atoms with Crippen LogP contribution in [0.5, 0.6) is 5.75 Å². The summed E-state index contributed by atoms with van der Waals surface area (Å²) in [7, 11) is 0. The van der Waals surface area contributed by atoms with Gasteiger partial charge in [0.2, 0.25) is 0 Å². The van der Waals surface area contributed by atoms with Crippen LogP contribution in [0.3, 0.4) is 0 Å². The number of hydrogen-bond acceptors (Lipinski definition) is 2. The molecule has 0 saturated heterocycles. The Morgan fingerprint density at radius 1 is 1.14 bits per heavy atom.